The van der Waals surface area contributed by atoms with Crippen LogP contribution in [0.1, 0.15) is 20.8 Å². The predicted molar refractivity (Wildman–Crippen MR) is 72.3 cm³/mol. The molecule has 0 saturated heterocycles. The Bertz CT molecular complexity index is 481. The van der Waals surface area contributed by atoms with Crippen LogP contribution in [0.2, 0.25) is 0 Å². The number of nitrogens with one attached hydrogen (secondary N) is 3. The number of aromatic nitrogens is 2. The van der Waals surface area contributed by atoms with Crippen LogP contribution in [-0.2, 0) is 0 Å². The minimum Gasteiger partial charge on any atom is -0.384 e. The first-order chi connectivity index (χ1) is 8.04. The number of nitrogens with zero attached hydrogens (tertiary/aromatic N) is 1. The summed E-state index contributed by atoms with van der Waals surface area (Å²) < 4.78 is 0. The van der Waals surface area contributed by atoms with Crippen molar-refractivity contribution in [1.29, 1.82) is 0 Å². The topological polar surface area (TPSA) is 52.7 Å². The molecule has 4 nitrogen and oxygen atoms in total. The lowest BCUT2D eigenvalue weighted by Crippen LogP contribution is -2.38. The fourth-order valence-electron chi connectivity index (χ4n) is 1.70. The molecule has 1 aromatic heterocycles. The molecular formula is C13H20N4. The zero-order chi connectivity index (χ0) is 12.3. The van der Waals surface area contributed by atoms with Gasteiger partial charge in [-0.25, -0.2) is 0 Å². The highest BCUT2D eigenvalue weighted by Crippen LogP contribution is 2.16. The van der Waals surface area contributed by atoms with Gasteiger partial charge in [-0.15, -0.1) is 0 Å². The second-order valence-corrected chi connectivity index (χ2v) is 5.28. The molecule has 4 heteroatoms. The predicted octanol–water partition coefficient (Wildman–Crippen LogP) is 2.36. The SMILES string of the molecule is CC(C)(C)NCCNc1ccc2[nH]ncc2c1. The van der Waals surface area contributed by atoms with E-state index in [1.165, 1.54) is 0 Å². The zero-order valence-electron chi connectivity index (χ0n) is 10.7. The van der Waals surface area contributed by atoms with Gasteiger partial charge in [-0.2, -0.15) is 5.10 Å². The van der Waals surface area contributed by atoms with Gasteiger partial charge in [0.2, 0.25) is 0 Å². The highest BCUT2D eigenvalue weighted by molar-refractivity contribution is 5.81. The number of benzene rings is 1. The van der Waals surface area contributed by atoms with E-state index in [9.17, 15) is 0 Å². The number of aromatic amines is 1. The van der Waals surface area contributed by atoms with E-state index >= 15 is 0 Å². The van der Waals surface area contributed by atoms with Crippen LogP contribution in [-0.4, -0.2) is 28.8 Å². The van der Waals surface area contributed by atoms with Crippen molar-refractivity contribution in [3.8, 4) is 0 Å². The number of hydrogen-bond acceptors (Lipinski definition) is 3. The Labute approximate surface area is 102 Å². The summed E-state index contributed by atoms with van der Waals surface area (Å²) in [5.74, 6) is 0. The van der Waals surface area contributed by atoms with Crippen LogP contribution in [0.5, 0.6) is 0 Å². The van der Waals surface area contributed by atoms with Gasteiger partial charge < -0.3 is 10.6 Å². The van der Waals surface area contributed by atoms with Crippen LogP contribution in [0.4, 0.5) is 5.69 Å². The van der Waals surface area contributed by atoms with Gasteiger partial charge in [0.15, 0.2) is 0 Å². The van der Waals surface area contributed by atoms with Crippen molar-refractivity contribution >= 4 is 16.6 Å². The second-order valence-electron chi connectivity index (χ2n) is 5.28. The third kappa shape index (κ3) is 3.46. The first kappa shape index (κ1) is 11.9. The third-order valence-electron chi connectivity index (χ3n) is 2.55. The van der Waals surface area contributed by atoms with Gasteiger partial charge in [0, 0.05) is 29.7 Å². The zero-order valence-corrected chi connectivity index (χ0v) is 10.7. The quantitative estimate of drug-likeness (QED) is 0.709. The van der Waals surface area contributed by atoms with Gasteiger partial charge in [-0.3, -0.25) is 5.10 Å². The van der Waals surface area contributed by atoms with Crippen molar-refractivity contribution in [2.24, 2.45) is 0 Å². The molecule has 1 heterocycles. The Morgan fingerprint density at radius 1 is 1.24 bits per heavy atom. The minimum absolute atomic E-state index is 0.177. The molecule has 0 atom stereocenters. The Hall–Kier alpha value is -1.55. The monoisotopic (exact) mass is 232 g/mol. The van der Waals surface area contributed by atoms with Crippen molar-refractivity contribution in [1.82, 2.24) is 15.5 Å². The largest absolute Gasteiger partial charge is 0.384 e. The lowest BCUT2D eigenvalue weighted by molar-refractivity contribution is 0.435. The van der Waals surface area contributed by atoms with E-state index in [1.807, 2.05) is 12.3 Å². The Kier molecular flexibility index (Phi) is 3.33. The van der Waals surface area contributed by atoms with Crippen molar-refractivity contribution in [3.63, 3.8) is 0 Å². The van der Waals surface area contributed by atoms with Crippen LogP contribution in [0.3, 0.4) is 0 Å². The Morgan fingerprint density at radius 3 is 2.82 bits per heavy atom. The van der Waals surface area contributed by atoms with Crippen LogP contribution >= 0.6 is 0 Å². The molecule has 0 aliphatic rings. The van der Waals surface area contributed by atoms with Gasteiger partial charge in [0.25, 0.3) is 0 Å². The third-order valence-corrected chi connectivity index (χ3v) is 2.55. The highest BCUT2D eigenvalue weighted by atomic mass is 15.1. The highest BCUT2D eigenvalue weighted by Gasteiger charge is 2.06. The molecule has 0 unspecified atom stereocenters. The smallest absolute Gasteiger partial charge is 0.0651 e. The molecule has 1 aromatic carbocycles. The van der Waals surface area contributed by atoms with Crippen molar-refractivity contribution < 1.29 is 0 Å². The number of fused-ring (bicyclic) bond motifs is 1. The summed E-state index contributed by atoms with van der Waals surface area (Å²) >= 11 is 0. The molecule has 0 amide bonds. The maximum atomic E-state index is 4.01. The molecule has 0 radical (unpaired) electrons. The summed E-state index contributed by atoms with van der Waals surface area (Å²) in [5.41, 5.74) is 2.38. The van der Waals surface area contributed by atoms with E-state index in [0.29, 0.717) is 0 Å². The summed E-state index contributed by atoms with van der Waals surface area (Å²) in [4.78, 5) is 0. The summed E-state index contributed by atoms with van der Waals surface area (Å²) in [5, 5.41) is 14.9. The van der Waals surface area contributed by atoms with Crippen LogP contribution in [0, 0.1) is 0 Å². The van der Waals surface area contributed by atoms with Gasteiger partial charge in [0.05, 0.1) is 11.7 Å². The van der Waals surface area contributed by atoms with E-state index < -0.39 is 0 Å². The summed E-state index contributed by atoms with van der Waals surface area (Å²) in [7, 11) is 0. The summed E-state index contributed by atoms with van der Waals surface area (Å²) in [6.07, 6.45) is 1.84. The molecule has 17 heavy (non-hydrogen) atoms. The fourth-order valence-corrected chi connectivity index (χ4v) is 1.70. The van der Waals surface area contributed by atoms with Crippen molar-refractivity contribution in [2.45, 2.75) is 26.3 Å². The Morgan fingerprint density at radius 2 is 2.06 bits per heavy atom. The number of H-pyrrole nitrogens is 1. The first-order valence-electron chi connectivity index (χ1n) is 5.97. The van der Waals surface area contributed by atoms with Crippen molar-refractivity contribution in [3.05, 3.63) is 24.4 Å². The molecule has 2 rings (SSSR count). The van der Waals surface area contributed by atoms with Crippen molar-refractivity contribution in [2.75, 3.05) is 18.4 Å². The summed E-state index contributed by atoms with van der Waals surface area (Å²) in [6.45, 7) is 8.38. The number of anilines is 1. The summed E-state index contributed by atoms with van der Waals surface area (Å²) in [6, 6.07) is 6.22. The van der Waals surface area contributed by atoms with E-state index in [1.54, 1.807) is 0 Å². The fraction of sp³-hybridized carbons (Fsp3) is 0.462. The molecule has 0 aliphatic carbocycles. The van der Waals surface area contributed by atoms with E-state index in [4.69, 9.17) is 0 Å². The van der Waals surface area contributed by atoms with Crippen LogP contribution in [0.25, 0.3) is 10.9 Å². The number of rotatable bonds is 4. The molecule has 0 fully saturated rings. The number of hydrogen-bond donors (Lipinski definition) is 3. The standard InChI is InChI=1S/C13H20N4/c1-13(2,3)15-7-6-14-11-4-5-12-10(8-11)9-16-17-12/h4-5,8-9,14-15H,6-7H2,1-3H3,(H,16,17). The molecule has 2 aromatic rings. The van der Waals surface area contributed by atoms with Crippen LogP contribution in [0.15, 0.2) is 24.4 Å². The second kappa shape index (κ2) is 4.75. The molecule has 0 saturated carbocycles. The van der Waals surface area contributed by atoms with E-state index in [0.717, 1.165) is 29.7 Å². The van der Waals surface area contributed by atoms with Gasteiger partial charge in [-0.05, 0) is 39.0 Å². The average molecular weight is 232 g/mol. The lowest BCUT2D eigenvalue weighted by atomic mass is 10.1. The molecule has 92 valence electrons. The van der Waals surface area contributed by atoms with Gasteiger partial charge >= 0.3 is 0 Å². The molecular weight excluding hydrogens is 212 g/mol. The van der Waals surface area contributed by atoms with E-state index in [2.05, 4.69) is 53.7 Å². The molecule has 3 N–H and O–H groups in total. The molecule has 0 spiro atoms. The van der Waals surface area contributed by atoms with Gasteiger partial charge in [0.1, 0.15) is 0 Å². The maximum absolute atomic E-state index is 4.01. The molecule has 0 aliphatic heterocycles. The minimum atomic E-state index is 0.177. The maximum Gasteiger partial charge on any atom is 0.0651 e. The normalized spacial score (nSPS) is 11.9. The van der Waals surface area contributed by atoms with E-state index in [-0.39, 0.29) is 5.54 Å². The molecule has 0 bridgehead atoms. The lowest BCUT2D eigenvalue weighted by Gasteiger charge is -2.20. The van der Waals surface area contributed by atoms with Gasteiger partial charge in [-0.1, -0.05) is 0 Å². The Balaban J connectivity index is 1.86. The van der Waals surface area contributed by atoms with Crippen LogP contribution < -0.4 is 10.6 Å². The first-order valence-corrected chi connectivity index (χ1v) is 5.97. The average Bonchev–Trinajstić information content (AvgIpc) is 2.70.